The lowest BCUT2D eigenvalue weighted by molar-refractivity contribution is -0.117. The first kappa shape index (κ1) is 9.46. The Morgan fingerprint density at radius 1 is 1.54 bits per heavy atom. The highest BCUT2D eigenvalue weighted by molar-refractivity contribution is 8.07. The molecule has 0 aromatic rings. The topological polar surface area (TPSA) is 26.3 Å². The lowest BCUT2D eigenvalue weighted by Crippen LogP contribution is -2.25. The molecular weight excluding hydrogens is 204 g/mol. The van der Waals surface area contributed by atoms with Crippen LogP contribution < -0.4 is 0 Å². The van der Waals surface area contributed by atoms with Crippen LogP contribution in [0.25, 0.3) is 0 Å². The molecule has 0 amide bonds. The molecule has 1 fully saturated rings. The van der Waals surface area contributed by atoms with Gasteiger partial charge in [0.25, 0.3) is 0 Å². The van der Waals surface area contributed by atoms with Gasteiger partial charge in [0.05, 0.1) is 11.9 Å². The minimum Gasteiger partial charge on any atom is -0.490 e. The van der Waals surface area contributed by atoms with Crippen LogP contribution in [-0.4, -0.2) is 34.9 Å². The van der Waals surface area contributed by atoms with E-state index < -0.39 is 0 Å². The van der Waals surface area contributed by atoms with Crippen LogP contribution in [0.4, 0.5) is 0 Å². The van der Waals surface area contributed by atoms with Crippen LogP contribution in [0.15, 0.2) is 11.8 Å². The van der Waals surface area contributed by atoms with Gasteiger partial charge in [-0.2, -0.15) is 11.8 Å². The van der Waals surface area contributed by atoms with Gasteiger partial charge in [0, 0.05) is 23.7 Å². The van der Waals surface area contributed by atoms with Crippen LogP contribution in [0, 0.1) is 0 Å². The largest absolute Gasteiger partial charge is 0.490 e. The predicted molar refractivity (Wildman–Crippen MR) is 57.2 cm³/mol. The Hall–Kier alpha value is -0.0900. The van der Waals surface area contributed by atoms with E-state index in [9.17, 15) is 4.79 Å². The number of rotatable bonds is 2. The lowest BCUT2D eigenvalue weighted by atomic mass is 10.2. The molecular formula is C9H12O2S2. The number of carbonyl (C=O) groups is 1. The third-order valence-corrected chi connectivity index (χ3v) is 4.81. The molecule has 4 heteroatoms. The van der Waals surface area contributed by atoms with Crippen molar-refractivity contribution in [1.29, 1.82) is 0 Å². The average molecular weight is 216 g/mol. The fraction of sp³-hybridized carbons (Fsp3) is 0.667. The average Bonchev–Trinajstić information content (AvgIpc) is 2.71. The Kier molecular flexibility index (Phi) is 3.22. The number of allylic oxidation sites excluding steroid dienone is 1. The molecule has 0 spiro atoms. The van der Waals surface area contributed by atoms with Gasteiger partial charge in [0.15, 0.2) is 5.76 Å². The molecule has 1 unspecified atom stereocenters. The van der Waals surface area contributed by atoms with E-state index in [-0.39, 0.29) is 11.0 Å². The summed E-state index contributed by atoms with van der Waals surface area (Å²) in [6.07, 6.45) is 2.81. The summed E-state index contributed by atoms with van der Waals surface area (Å²) < 4.78 is 5.26. The van der Waals surface area contributed by atoms with E-state index in [2.05, 4.69) is 0 Å². The molecule has 0 radical (unpaired) electrons. The third-order valence-electron chi connectivity index (χ3n) is 2.06. The fourth-order valence-electron chi connectivity index (χ4n) is 1.39. The first-order valence-electron chi connectivity index (χ1n) is 4.44. The van der Waals surface area contributed by atoms with Crippen LogP contribution in [0.2, 0.25) is 0 Å². The Bertz CT molecular complexity index is 232. The number of Topliss-reactive ketones (excluding diaryl/α,β-unsaturated/α-hetero) is 1. The molecule has 0 bridgehead atoms. The van der Waals surface area contributed by atoms with Crippen LogP contribution in [0.3, 0.4) is 0 Å². The monoisotopic (exact) mass is 216 g/mol. The number of thioether (sulfide) groups is 2. The van der Waals surface area contributed by atoms with Crippen LogP contribution in [0.5, 0.6) is 0 Å². The Labute approximate surface area is 86.5 Å². The van der Waals surface area contributed by atoms with Crippen molar-refractivity contribution in [2.75, 3.05) is 23.9 Å². The van der Waals surface area contributed by atoms with E-state index in [4.69, 9.17) is 4.74 Å². The zero-order valence-electron chi connectivity index (χ0n) is 7.32. The quantitative estimate of drug-likeness (QED) is 0.702. The second-order valence-electron chi connectivity index (χ2n) is 3.00. The molecule has 0 aliphatic carbocycles. The van der Waals surface area contributed by atoms with E-state index >= 15 is 0 Å². The summed E-state index contributed by atoms with van der Waals surface area (Å²) in [5, 5.41) is 0.142. The van der Waals surface area contributed by atoms with E-state index in [0.717, 1.165) is 17.9 Å². The summed E-state index contributed by atoms with van der Waals surface area (Å²) in [6.45, 7) is 0.686. The summed E-state index contributed by atoms with van der Waals surface area (Å²) >= 11 is 3.63. The maximum absolute atomic E-state index is 11.8. The van der Waals surface area contributed by atoms with Gasteiger partial charge in [0.1, 0.15) is 0 Å². The molecule has 1 saturated heterocycles. The molecule has 2 aliphatic heterocycles. The van der Waals surface area contributed by atoms with Gasteiger partial charge in [-0.25, -0.2) is 0 Å². The number of hydrogen-bond donors (Lipinski definition) is 0. The number of hydrogen-bond acceptors (Lipinski definition) is 4. The van der Waals surface area contributed by atoms with Crippen molar-refractivity contribution in [2.45, 2.75) is 11.7 Å². The second kappa shape index (κ2) is 4.42. The van der Waals surface area contributed by atoms with Crippen LogP contribution in [-0.2, 0) is 9.53 Å². The summed E-state index contributed by atoms with van der Waals surface area (Å²) in [7, 11) is 0. The summed E-state index contributed by atoms with van der Waals surface area (Å²) in [6, 6.07) is 0. The van der Waals surface area contributed by atoms with Gasteiger partial charge in [-0.3, -0.25) is 4.79 Å². The maximum atomic E-state index is 11.8. The van der Waals surface area contributed by atoms with E-state index in [1.807, 2.05) is 17.8 Å². The van der Waals surface area contributed by atoms with Gasteiger partial charge in [-0.15, -0.1) is 11.8 Å². The highest BCUT2D eigenvalue weighted by atomic mass is 32.2. The van der Waals surface area contributed by atoms with Crippen molar-refractivity contribution in [2.24, 2.45) is 0 Å². The summed E-state index contributed by atoms with van der Waals surface area (Å²) in [4.78, 5) is 11.8. The molecule has 1 atom stereocenters. The molecule has 2 nitrogen and oxygen atoms in total. The number of carbonyl (C=O) groups excluding carboxylic acids is 1. The summed E-state index contributed by atoms with van der Waals surface area (Å²) in [5.74, 6) is 4.03. The zero-order valence-corrected chi connectivity index (χ0v) is 8.96. The van der Waals surface area contributed by atoms with Gasteiger partial charge in [0.2, 0.25) is 5.78 Å². The first-order valence-corrected chi connectivity index (χ1v) is 6.65. The molecule has 72 valence electrons. The van der Waals surface area contributed by atoms with Gasteiger partial charge < -0.3 is 4.74 Å². The van der Waals surface area contributed by atoms with E-state index in [1.165, 1.54) is 5.75 Å². The standard InChI is InChI=1S/C9H12O2S2/c10-9(7-2-1-3-11-7)8-6-12-4-5-13-8/h2,8H,1,3-6H2. The Morgan fingerprint density at radius 2 is 2.46 bits per heavy atom. The molecule has 0 N–H and O–H groups in total. The minimum absolute atomic E-state index is 0.142. The molecule has 13 heavy (non-hydrogen) atoms. The second-order valence-corrected chi connectivity index (χ2v) is 5.46. The van der Waals surface area contributed by atoms with Gasteiger partial charge in [-0.05, 0) is 6.08 Å². The normalized spacial score (nSPS) is 28.0. The fourth-order valence-corrected chi connectivity index (χ4v) is 4.00. The highest BCUT2D eigenvalue weighted by Gasteiger charge is 2.27. The van der Waals surface area contributed by atoms with Crippen LogP contribution >= 0.6 is 23.5 Å². The van der Waals surface area contributed by atoms with E-state index in [1.54, 1.807) is 11.8 Å². The number of ketones is 1. The van der Waals surface area contributed by atoms with Crippen molar-refractivity contribution < 1.29 is 9.53 Å². The molecule has 0 aromatic carbocycles. The highest BCUT2D eigenvalue weighted by Crippen LogP contribution is 2.27. The van der Waals surface area contributed by atoms with Gasteiger partial charge in [-0.1, -0.05) is 0 Å². The maximum Gasteiger partial charge on any atom is 0.210 e. The van der Waals surface area contributed by atoms with Crippen molar-refractivity contribution in [1.82, 2.24) is 0 Å². The molecule has 0 aromatic heterocycles. The lowest BCUT2D eigenvalue weighted by Gasteiger charge is -2.19. The molecule has 2 heterocycles. The summed E-state index contributed by atoms with van der Waals surface area (Å²) in [5.41, 5.74) is 0. The minimum atomic E-state index is 0.142. The molecule has 2 aliphatic rings. The van der Waals surface area contributed by atoms with Gasteiger partial charge >= 0.3 is 0 Å². The van der Waals surface area contributed by atoms with E-state index in [0.29, 0.717) is 12.4 Å². The van der Waals surface area contributed by atoms with Crippen molar-refractivity contribution in [3.8, 4) is 0 Å². The van der Waals surface area contributed by atoms with Crippen molar-refractivity contribution >= 4 is 29.3 Å². The first-order chi connectivity index (χ1) is 6.38. The number of ether oxygens (including phenoxy) is 1. The SMILES string of the molecule is O=C(C1=CCCO1)C1CSCCS1. The predicted octanol–water partition coefficient (Wildman–Crippen LogP) is 1.71. The smallest absolute Gasteiger partial charge is 0.210 e. The Balaban J connectivity index is 1.94. The van der Waals surface area contributed by atoms with Crippen molar-refractivity contribution in [3.05, 3.63) is 11.8 Å². The van der Waals surface area contributed by atoms with Crippen molar-refractivity contribution in [3.63, 3.8) is 0 Å². The van der Waals surface area contributed by atoms with Crippen LogP contribution in [0.1, 0.15) is 6.42 Å². The molecule has 2 rings (SSSR count). The molecule has 0 saturated carbocycles. The zero-order chi connectivity index (χ0) is 9.10. The third kappa shape index (κ3) is 2.23. The Morgan fingerprint density at radius 3 is 3.08 bits per heavy atom.